The molecule has 1 aliphatic heterocycles. The first-order chi connectivity index (χ1) is 17.8. The van der Waals surface area contributed by atoms with Crippen LogP contribution in [0.5, 0.6) is 0 Å². The van der Waals surface area contributed by atoms with Crippen LogP contribution in [0.15, 0.2) is 58.6 Å². The van der Waals surface area contributed by atoms with Gasteiger partial charge in [0.2, 0.25) is 0 Å². The summed E-state index contributed by atoms with van der Waals surface area (Å²) in [6.07, 6.45) is -3.41. The lowest BCUT2D eigenvalue weighted by Crippen LogP contribution is -2.56. The lowest BCUT2D eigenvalue weighted by molar-refractivity contribution is -0.137. The van der Waals surface area contributed by atoms with Crippen molar-refractivity contribution in [1.29, 1.82) is 5.26 Å². The number of hydrogen-bond donors (Lipinski definition) is 1. The number of carbonyl (C=O) groups is 3. The number of anilines is 1. The minimum Gasteiger partial charge on any atom is -0.341 e. The summed E-state index contributed by atoms with van der Waals surface area (Å²) >= 11 is 0. The summed E-state index contributed by atoms with van der Waals surface area (Å²) in [5, 5.41) is 11.6. The molecule has 0 unspecified atom stereocenters. The Morgan fingerprint density at radius 1 is 1.13 bits per heavy atom. The van der Waals surface area contributed by atoms with Crippen LogP contribution in [0.2, 0.25) is 0 Å². The second-order valence-corrected chi connectivity index (χ2v) is 10.8. The zero-order chi connectivity index (χ0) is 28.0. The van der Waals surface area contributed by atoms with Crippen LogP contribution in [-0.4, -0.2) is 44.5 Å². The molecule has 0 radical (unpaired) electrons. The van der Waals surface area contributed by atoms with Crippen LogP contribution in [0.3, 0.4) is 0 Å². The van der Waals surface area contributed by atoms with Crippen molar-refractivity contribution < 1.29 is 36.0 Å². The van der Waals surface area contributed by atoms with E-state index < -0.39 is 45.5 Å². The Morgan fingerprint density at radius 3 is 2.45 bits per heavy atom. The Bertz CT molecular complexity index is 1540. The molecule has 2 aromatic carbocycles. The molecule has 198 valence electrons. The fourth-order valence-corrected chi connectivity index (χ4v) is 5.66. The number of allylic oxidation sites excluding steroid dienone is 1. The smallest absolute Gasteiger partial charge is 0.341 e. The number of benzene rings is 2. The van der Waals surface area contributed by atoms with E-state index in [2.05, 4.69) is 5.32 Å². The predicted molar refractivity (Wildman–Crippen MR) is 129 cm³/mol. The summed E-state index contributed by atoms with van der Waals surface area (Å²) in [6, 6.07) is 5.83. The highest BCUT2D eigenvalue weighted by Gasteiger charge is 2.48. The molecule has 4 rings (SSSR count). The third-order valence-corrected chi connectivity index (χ3v) is 7.48. The Hall–Kier alpha value is -4.18. The number of Topliss-reactive ketones (excluding diaryl/α,β-unsaturated/α-hetero) is 1. The molecule has 2 aromatic rings. The summed E-state index contributed by atoms with van der Waals surface area (Å²) in [4.78, 5) is 41.4. The highest BCUT2D eigenvalue weighted by Crippen LogP contribution is 2.46. The van der Waals surface area contributed by atoms with Gasteiger partial charge in [-0.25, -0.2) is 22.9 Å². The number of nitrogens with zero attached hydrogens (tertiary/aromatic N) is 3. The van der Waals surface area contributed by atoms with Gasteiger partial charge in [-0.15, -0.1) is 0 Å². The lowest BCUT2D eigenvalue weighted by atomic mass is 9.83. The second-order valence-electron chi connectivity index (χ2n) is 8.77. The van der Waals surface area contributed by atoms with Crippen LogP contribution in [-0.2, 0) is 20.8 Å². The Kier molecular flexibility index (Phi) is 6.79. The SMILES string of the molecule is CNC(=O)N1C(=O)N(c2cccc(C(F)(F)F)c2)C2=C(C(=O)CCC2)[C@@H]1c1ccc(C#N)cc1S(C)(=O)=O. The zero-order valence-electron chi connectivity index (χ0n) is 20.2. The number of ketones is 1. The number of rotatable bonds is 3. The number of urea groups is 2. The van der Waals surface area contributed by atoms with Gasteiger partial charge in [0, 0.05) is 31.0 Å². The summed E-state index contributed by atoms with van der Waals surface area (Å²) in [5.74, 6) is -0.488. The van der Waals surface area contributed by atoms with Gasteiger partial charge in [0.15, 0.2) is 15.6 Å². The number of nitrogens with one attached hydrogen (secondary N) is 1. The summed E-state index contributed by atoms with van der Waals surface area (Å²) in [7, 11) is -2.81. The van der Waals surface area contributed by atoms with Gasteiger partial charge in [0.05, 0.1) is 27.8 Å². The van der Waals surface area contributed by atoms with Gasteiger partial charge in [-0.05, 0) is 48.7 Å². The van der Waals surface area contributed by atoms with E-state index in [1.807, 2.05) is 6.07 Å². The van der Waals surface area contributed by atoms with Crippen LogP contribution in [0.1, 0.15) is 42.0 Å². The fraction of sp³-hybridized carbons (Fsp3) is 0.280. The van der Waals surface area contributed by atoms with Crippen LogP contribution >= 0.6 is 0 Å². The van der Waals surface area contributed by atoms with E-state index in [1.165, 1.54) is 25.2 Å². The predicted octanol–water partition coefficient (Wildman–Crippen LogP) is 4.31. The first-order valence-corrected chi connectivity index (χ1v) is 13.2. The molecular weight excluding hydrogens is 525 g/mol. The molecule has 4 amide bonds. The standard InChI is InChI=1S/C25H21F3N4O5S/c1-30-23(34)32-22(17-10-9-14(13-29)11-20(17)38(2,36)37)21-18(7-4-8-19(21)33)31(24(32)35)16-6-3-5-15(12-16)25(26,27)28/h3,5-6,9-12,22H,4,7-8H2,1-2H3,(H,30,34)/t22-/m0/s1. The largest absolute Gasteiger partial charge is 0.416 e. The molecule has 0 bridgehead atoms. The van der Waals surface area contributed by atoms with Gasteiger partial charge in [0.1, 0.15) is 6.04 Å². The Balaban J connectivity index is 2.06. The van der Waals surface area contributed by atoms with Crippen LogP contribution < -0.4 is 10.2 Å². The van der Waals surface area contributed by atoms with Crippen LogP contribution in [0.25, 0.3) is 0 Å². The number of sulfone groups is 1. The van der Waals surface area contributed by atoms with Crippen LogP contribution in [0.4, 0.5) is 28.4 Å². The quantitative estimate of drug-likeness (QED) is 0.611. The summed E-state index contributed by atoms with van der Waals surface area (Å²) < 4.78 is 65.8. The zero-order valence-corrected chi connectivity index (χ0v) is 21.0. The van der Waals surface area contributed by atoms with Gasteiger partial charge < -0.3 is 5.32 Å². The van der Waals surface area contributed by atoms with Gasteiger partial charge in [-0.3, -0.25) is 9.69 Å². The molecule has 0 saturated heterocycles. The van der Waals surface area contributed by atoms with Crippen molar-refractivity contribution in [3.8, 4) is 6.07 Å². The average molecular weight is 547 g/mol. The molecule has 0 aromatic heterocycles. The van der Waals surface area contributed by atoms with E-state index in [0.29, 0.717) is 11.3 Å². The number of alkyl halides is 3. The second kappa shape index (κ2) is 9.60. The highest BCUT2D eigenvalue weighted by molar-refractivity contribution is 7.90. The van der Waals surface area contributed by atoms with Crippen molar-refractivity contribution in [2.24, 2.45) is 0 Å². The van der Waals surface area contributed by atoms with E-state index in [1.54, 1.807) is 0 Å². The fourth-order valence-electron chi connectivity index (χ4n) is 4.71. The first kappa shape index (κ1) is 26.9. The van der Waals surface area contributed by atoms with Crippen molar-refractivity contribution in [2.45, 2.75) is 36.4 Å². The molecular formula is C25H21F3N4O5S. The maximum atomic E-state index is 13.9. The van der Waals surface area contributed by atoms with Crippen molar-refractivity contribution in [1.82, 2.24) is 10.2 Å². The summed E-state index contributed by atoms with van der Waals surface area (Å²) in [6.45, 7) is 0. The molecule has 38 heavy (non-hydrogen) atoms. The molecule has 1 aliphatic carbocycles. The van der Waals surface area contributed by atoms with Crippen molar-refractivity contribution in [2.75, 3.05) is 18.2 Å². The van der Waals surface area contributed by atoms with E-state index in [0.717, 1.165) is 35.4 Å². The highest BCUT2D eigenvalue weighted by atomic mass is 32.2. The van der Waals surface area contributed by atoms with Gasteiger partial charge in [-0.2, -0.15) is 18.4 Å². The molecule has 1 N–H and O–H groups in total. The Morgan fingerprint density at radius 2 is 1.84 bits per heavy atom. The molecule has 1 atom stereocenters. The van der Waals surface area contributed by atoms with E-state index in [4.69, 9.17) is 0 Å². The normalized spacial score (nSPS) is 18.3. The summed E-state index contributed by atoms with van der Waals surface area (Å²) in [5.41, 5.74) is -1.33. The van der Waals surface area contributed by atoms with Crippen molar-refractivity contribution in [3.05, 3.63) is 70.4 Å². The van der Waals surface area contributed by atoms with Gasteiger partial charge >= 0.3 is 18.2 Å². The molecule has 0 spiro atoms. The number of carbonyl (C=O) groups excluding carboxylic acids is 3. The van der Waals surface area contributed by atoms with E-state index >= 15 is 0 Å². The number of hydrogen-bond acceptors (Lipinski definition) is 6. The third kappa shape index (κ3) is 4.63. The Labute approximate surface area is 216 Å². The minimum atomic E-state index is -4.72. The first-order valence-electron chi connectivity index (χ1n) is 11.3. The number of amides is 4. The minimum absolute atomic E-state index is 0.00225. The van der Waals surface area contributed by atoms with Gasteiger partial charge in [0.25, 0.3) is 0 Å². The third-order valence-electron chi connectivity index (χ3n) is 6.33. The molecule has 0 fully saturated rings. The molecule has 9 nitrogen and oxygen atoms in total. The number of nitriles is 1. The lowest BCUT2D eigenvalue weighted by Gasteiger charge is -2.44. The molecule has 13 heteroatoms. The molecule has 2 aliphatic rings. The molecule has 0 saturated carbocycles. The monoisotopic (exact) mass is 546 g/mol. The van der Waals surface area contributed by atoms with Crippen molar-refractivity contribution in [3.63, 3.8) is 0 Å². The van der Waals surface area contributed by atoms with E-state index in [-0.39, 0.29) is 45.8 Å². The average Bonchev–Trinajstić information content (AvgIpc) is 2.86. The topological polar surface area (TPSA) is 128 Å². The number of imide groups is 1. The molecule has 1 heterocycles. The number of halogens is 3. The van der Waals surface area contributed by atoms with Gasteiger partial charge in [-0.1, -0.05) is 12.1 Å². The van der Waals surface area contributed by atoms with Crippen LogP contribution in [0, 0.1) is 11.3 Å². The maximum absolute atomic E-state index is 13.9. The van der Waals surface area contributed by atoms with Crippen molar-refractivity contribution >= 4 is 33.4 Å². The van der Waals surface area contributed by atoms with E-state index in [9.17, 15) is 41.2 Å². The maximum Gasteiger partial charge on any atom is 0.416 e.